The zero-order valence-corrected chi connectivity index (χ0v) is 16.3. The monoisotopic (exact) mass is 440 g/mol. The summed E-state index contributed by atoms with van der Waals surface area (Å²) in [6, 6.07) is 16.8. The van der Waals surface area contributed by atoms with Crippen LogP contribution in [-0.2, 0) is 10.4 Å². The van der Waals surface area contributed by atoms with Crippen molar-refractivity contribution in [1.29, 1.82) is 0 Å². The van der Waals surface area contributed by atoms with Crippen molar-refractivity contribution in [1.82, 2.24) is 0 Å². The fraction of sp³-hybridized carbons (Fsp3) is 0. The van der Waals surface area contributed by atoms with Crippen molar-refractivity contribution in [3.05, 3.63) is 93.0 Å². The van der Waals surface area contributed by atoms with Gasteiger partial charge in [0.05, 0.1) is 20.6 Å². The second-order valence-electron chi connectivity index (χ2n) is 6.35. The topological polar surface area (TPSA) is 139 Å². The molecule has 0 unspecified atom stereocenters. The average Bonchev–Trinajstić information content (AvgIpc) is 2.73. The first kappa shape index (κ1) is 20.0. The maximum atomic E-state index is 12.6. The zero-order valence-electron chi connectivity index (χ0n) is 15.5. The van der Waals surface area contributed by atoms with Gasteiger partial charge in [0.2, 0.25) is 0 Å². The van der Waals surface area contributed by atoms with E-state index in [9.17, 15) is 28.6 Å². The number of nitro benzene ring substituents is 2. The molecule has 0 bridgehead atoms. The van der Waals surface area contributed by atoms with E-state index in [1.54, 1.807) is 24.3 Å². The standard InChI is InChI=1S/C20H12N2O8S/c23-21(24)17-9-11-19(15-7-3-1-5-13(15)17)29-31(27,28)30-20-12-10-18(22(25)26)14-6-2-4-8-16(14)20/h1-12H. The second-order valence-corrected chi connectivity index (χ2v) is 7.50. The van der Waals surface area contributed by atoms with Crippen LogP contribution in [0.2, 0.25) is 0 Å². The summed E-state index contributed by atoms with van der Waals surface area (Å²) in [5.41, 5.74) is -0.412. The van der Waals surface area contributed by atoms with E-state index >= 15 is 0 Å². The van der Waals surface area contributed by atoms with E-state index in [0.29, 0.717) is 0 Å². The number of non-ortho nitro benzene ring substituents is 2. The Kier molecular flexibility index (Phi) is 4.87. The number of benzene rings is 4. The molecule has 0 saturated carbocycles. The van der Waals surface area contributed by atoms with Gasteiger partial charge in [-0.05, 0) is 24.3 Å². The summed E-state index contributed by atoms with van der Waals surface area (Å²) in [7, 11) is -4.68. The summed E-state index contributed by atoms with van der Waals surface area (Å²) in [4.78, 5) is 21.3. The third-order valence-electron chi connectivity index (χ3n) is 4.50. The Balaban J connectivity index is 1.74. The normalized spacial score (nSPS) is 11.4. The van der Waals surface area contributed by atoms with E-state index in [1.165, 1.54) is 24.3 Å². The number of fused-ring (bicyclic) bond motifs is 2. The molecule has 4 aromatic rings. The fourth-order valence-corrected chi connectivity index (χ4v) is 3.98. The Labute approximate surface area is 174 Å². The second kappa shape index (κ2) is 7.54. The Morgan fingerprint density at radius 2 is 0.935 bits per heavy atom. The van der Waals surface area contributed by atoms with Crippen molar-refractivity contribution in [2.24, 2.45) is 0 Å². The lowest BCUT2D eigenvalue weighted by Gasteiger charge is -2.12. The lowest BCUT2D eigenvalue weighted by atomic mass is 10.1. The molecule has 0 amide bonds. The number of hydrogen-bond acceptors (Lipinski definition) is 8. The molecule has 0 fully saturated rings. The molecule has 0 atom stereocenters. The van der Waals surface area contributed by atoms with Crippen molar-refractivity contribution < 1.29 is 26.6 Å². The maximum absolute atomic E-state index is 12.6. The van der Waals surface area contributed by atoms with E-state index in [-0.39, 0.29) is 44.4 Å². The minimum Gasteiger partial charge on any atom is -0.352 e. The van der Waals surface area contributed by atoms with Crippen LogP contribution in [0.25, 0.3) is 21.5 Å². The molecular formula is C20H12N2O8S. The molecule has 11 heteroatoms. The van der Waals surface area contributed by atoms with E-state index < -0.39 is 20.2 Å². The Morgan fingerprint density at radius 3 is 1.29 bits per heavy atom. The first-order chi connectivity index (χ1) is 14.8. The van der Waals surface area contributed by atoms with Crippen LogP contribution in [0.5, 0.6) is 11.5 Å². The fourth-order valence-electron chi connectivity index (χ4n) is 3.21. The third-order valence-corrected chi connectivity index (χ3v) is 5.27. The maximum Gasteiger partial charge on any atom is 0.501 e. The molecule has 0 N–H and O–H groups in total. The van der Waals surface area contributed by atoms with E-state index in [2.05, 4.69) is 0 Å². The van der Waals surface area contributed by atoms with Crippen molar-refractivity contribution >= 4 is 43.3 Å². The third kappa shape index (κ3) is 3.81. The van der Waals surface area contributed by atoms with Crippen LogP contribution in [0, 0.1) is 20.2 Å². The van der Waals surface area contributed by atoms with Crippen molar-refractivity contribution in [2.75, 3.05) is 0 Å². The van der Waals surface area contributed by atoms with Gasteiger partial charge in [-0.3, -0.25) is 20.2 Å². The van der Waals surface area contributed by atoms with Crippen LogP contribution >= 0.6 is 0 Å². The summed E-state index contributed by atoms with van der Waals surface area (Å²) in [5, 5.41) is 23.3. The molecule has 0 saturated heterocycles. The van der Waals surface area contributed by atoms with Gasteiger partial charge in [0.15, 0.2) is 11.5 Å². The average molecular weight is 440 g/mol. The predicted molar refractivity (Wildman–Crippen MR) is 111 cm³/mol. The number of nitrogens with zero attached hydrogens (tertiary/aromatic N) is 2. The van der Waals surface area contributed by atoms with Gasteiger partial charge in [-0.15, -0.1) is 8.42 Å². The van der Waals surface area contributed by atoms with E-state index in [4.69, 9.17) is 8.37 Å². The lowest BCUT2D eigenvalue weighted by Crippen LogP contribution is -2.17. The molecule has 0 radical (unpaired) electrons. The Hall–Kier alpha value is -4.25. The summed E-state index contributed by atoms with van der Waals surface area (Å²) < 4.78 is 35.3. The van der Waals surface area contributed by atoms with Gasteiger partial charge >= 0.3 is 10.4 Å². The zero-order chi connectivity index (χ0) is 22.2. The molecule has 31 heavy (non-hydrogen) atoms. The van der Waals surface area contributed by atoms with Gasteiger partial charge in [-0.25, -0.2) is 0 Å². The summed E-state index contributed by atoms with van der Waals surface area (Å²) in [6.45, 7) is 0. The van der Waals surface area contributed by atoms with Crippen molar-refractivity contribution in [2.45, 2.75) is 0 Å². The summed E-state index contributed by atoms with van der Waals surface area (Å²) in [6.07, 6.45) is 0. The van der Waals surface area contributed by atoms with E-state index in [0.717, 1.165) is 24.3 Å². The first-order valence-corrected chi connectivity index (χ1v) is 10.1. The highest BCUT2D eigenvalue weighted by molar-refractivity contribution is 7.82. The molecule has 10 nitrogen and oxygen atoms in total. The van der Waals surface area contributed by atoms with Crippen molar-refractivity contribution in [3.63, 3.8) is 0 Å². The van der Waals surface area contributed by atoms with Crippen LogP contribution in [0.1, 0.15) is 0 Å². The van der Waals surface area contributed by atoms with Gasteiger partial charge in [0, 0.05) is 22.9 Å². The largest absolute Gasteiger partial charge is 0.501 e. The summed E-state index contributed by atoms with van der Waals surface area (Å²) in [5.74, 6) is -0.320. The summed E-state index contributed by atoms with van der Waals surface area (Å²) >= 11 is 0. The molecule has 4 rings (SSSR count). The van der Waals surface area contributed by atoms with Gasteiger partial charge in [-0.1, -0.05) is 36.4 Å². The minimum atomic E-state index is -4.68. The lowest BCUT2D eigenvalue weighted by molar-refractivity contribution is -0.383. The number of rotatable bonds is 6. The van der Waals surface area contributed by atoms with Crippen LogP contribution < -0.4 is 8.37 Å². The van der Waals surface area contributed by atoms with Crippen molar-refractivity contribution in [3.8, 4) is 11.5 Å². The Morgan fingerprint density at radius 1 is 0.581 bits per heavy atom. The van der Waals surface area contributed by atoms with Crippen LogP contribution in [0.3, 0.4) is 0 Å². The molecule has 156 valence electrons. The molecule has 0 heterocycles. The van der Waals surface area contributed by atoms with E-state index in [1.807, 2.05) is 0 Å². The highest BCUT2D eigenvalue weighted by Crippen LogP contribution is 2.36. The van der Waals surface area contributed by atoms with Gasteiger partial charge in [0.1, 0.15) is 0 Å². The SMILES string of the molecule is O=[N+]([O-])c1ccc(OS(=O)(=O)Oc2ccc([N+](=O)[O-])c3ccccc23)c2ccccc12. The van der Waals surface area contributed by atoms with Gasteiger partial charge in [0.25, 0.3) is 11.4 Å². The molecule has 0 aliphatic heterocycles. The molecule has 0 aliphatic rings. The molecule has 4 aromatic carbocycles. The minimum absolute atomic E-state index is 0.160. The van der Waals surface area contributed by atoms with Crippen LogP contribution in [0.4, 0.5) is 11.4 Å². The first-order valence-electron chi connectivity index (χ1n) is 8.73. The Bertz CT molecular complexity index is 1360. The van der Waals surface area contributed by atoms with Gasteiger partial charge < -0.3 is 8.37 Å². The highest BCUT2D eigenvalue weighted by atomic mass is 32.3. The molecule has 0 aliphatic carbocycles. The smallest absolute Gasteiger partial charge is 0.352 e. The number of hydrogen-bond donors (Lipinski definition) is 0. The molecular weight excluding hydrogens is 428 g/mol. The quantitative estimate of drug-likeness (QED) is 0.315. The molecule has 0 aromatic heterocycles. The van der Waals surface area contributed by atoms with Gasteiger partial charge in [-0.2, -0.15) is 0 Å². The van der Waals surface area contributed by atoms with Crippen LogP contribution in [-0.4, -0.2) is 18.3 Å². The van der Waals surface area contributed by atoms with Crippen LogP contribution in [0.15, 0.2) is 72.8 Å². The predicted octanol–water partition coefficient (Wildman–Crippen LogP) is 4.51. The highest BCUT2D eigenvalue weighted by Gasteiger charge is 2.23. The number of nitro groups is 2. The molecule has 0 spiro atoms.